The Morgan fingerprint density at radius 2 is 2.11 bits per heavy atom. The van der Waals surface area contributed by atoms with Gasteiger partial charge in [0.1, 0.15) is 5.52 Å². The average Bonchev–Trinajstić information content (AvgIpc) is 2.94. The molecule has 1 aliphatic rings. The molecule has 4 atom stereocenters. The van der Waals surface area contributed by atoms with E-state index in [9.17, 15) is 20.1 Å². The Hall–Kier alpha value is -1.70. The lowest BCUT2D eigenvalue weighted by atomic mass is 9.96. The highest BCUT2D eigenvalue weighted by molar-refractivity contribution is 5.78. The molecule has 2 aromatic heterocycles. The Morgan fingerprint density at radius 3 is 2.79 bits per heavy atom. The first-order valence-corrected chi connectivity index (χ1v) is 6.15. The standard InChI is InChI=1S/C12H15N3O4/c16-3-5-1-6(11(18)10(5)17)7-2-13-9-8(7)14-4-15-12(9)19/h2,4-6,10-11,13,16-18H,1,3H2,(H,14,15,19)/t5-,6+,10-,11-/m1/s1. The second kappa shape index (κ2) is 4.44. The highest BCUT2D eigenvalue weighted by Gasteiger charge is 2.42. The molecular weight excluding hydrogens is 250 g/mol. The highest BCUT2D eigenvalue weighted by atomic mass is 16.3. The van der Waals surface area contributed by atoms with E-state index in [0.29, 0.717) is 23.0 Å². The maximum absolute atomic E-state index is 11.6. The monoisotopic (exact) mass is 265 g/mol. The molecule has 1 fully saturated rings. The fourth-order valence-corrected chi connectivity index (χ4v) is 2.87. The van der Waals surface area contributed by atoms with Gasteiger partial charge >= 0.3 is 0 Å². The van der Waals surface area contributed by atoms with Crippen molar-refractivity contribution in [2.24, 2.45) is 5.92 Å². The molecular formula is C12H15N3O4. The predicted octanol–water partition coefficient (Wildman–Crippen LogP) is -0.931. The van der Waals surface area contributed by atoms with Crippen LogP contribution in [0.1, 0.15) is 17.9 Å². The van der Waals surface area contributed by atoms with Crippen LogP contribution in [0.15, 0.2) is 17.3 Å². The second-order valence-corrected chi connectivity index (χ2v) is 4.97. The molecule has 0 radical (unpaired) electrons. The quantitative estimate of drug-likeness (QED) is 0.480. The van der Waals surface area contributed by atoms with Gasteiger partial charge in [-0.15, -0.1) is 0 Å². The van der Waals surface area contributed by atoms with E-state index in [-0.39, 0.29) is 24.0 Å². The SMILES string of the molecule is O=c1[nH]cnc2c([C@@H]3C[C@H](CO)[C@@H](O)[C@@H]3O)c[nH]c12. The summed E-state index contributed by atoms with van der Waals surface area (Å²) in [5.74, 6) is -0.692. The minimum atomic E-state index is -0.961. The maximum Gasteiger partial charge on any atom is 0.275 e. The van der Waals surface area contributed by atoms with E-state index in [1.807, 2.05) is 0 Å². The maximum atomic E-state index is 11.6. The predicted molar refractivity (Wildman–Crippen MR) is 66.7 cm³/mol. The summed E-state index contributed by atoms with van der Waals surface area (Å²) in [4.78, 5) is 21.0. The molecule has 0 aromatic carbocycles. The van der Waals surface area contributed by atoms with Gasteiger partial charge in [-0.05, 0) is 6.42 Å². The molecule has 7 nitrogen and oxygen atoms in total. The molecule has 0 amide bonds. The van der Waals surface area contributed by atoms with Crippen molar-refractivity contribution < 1.29 is 15.3 Å². The number of fused-ring (bicyclic) bond motifs is 1. The van der Waals surface area contributed by atoms with Gasteiger partial charge in [-0.2, -0.15) is 0 Å². The zero-order valence-electron chi connectivity index (χ0n) is 10.1. The van der Waals surface area contributed by atoms with Gasteiger partial charge in [0.05, 0.1) is 24.1 Å². The van der Waals surface area contributed by atoms with E-state index in [4.69, 9.17) is 0 Å². The zero-order valence-corrected chi connectivity index (χ0v) is 10.1. The van der Waals surface area contributed by atoms with Crippen LogP contribution in [0.4, 0.5) is 0 Å². The molecule has 7 heteroatoms. The van der Waals surface area contributed by atoms with Crippen LogP contribution in [-0.4, -0.2) is 49.1 Å². The minimum Gasteiger partial charge on any atom is -0.396 e. The van der Waals surface area contributed by atoms with Crippen LogP contribution in [0, 0.1) is 5.92 Å². The summed E-state index contributed by atoms with van der Waals surface area (Å²) in [5.41, 5.74) is 1.27. The van der Waals surface area contributed by atoms with E-state index in [0.717, 1.165) is 0 Å². The van der Waals surface area contributed by atoms with E-state index < -0.39 is 12.2 Å². The van der Waals surface area contributed by atoms with Crippen LogP contribution < -0.4 is 5.56 Å². The molecule has 5 N–H and O–H groups in total. The smallest absolute Gasteiger partial charge is 0.275 e. The Balaban J connectivity index is 2.06. The summed E-state index contributed by atoms with van der Waals surface area (Å²) in [6.45, 7) is -0.176. The third kappa shape index (κ3) is 1.78. The van der Waals surface area contributed by atoms with Crippen LogP contribution in [0.25, 0.3) is 11.0 Å². The summed E-state index contributed by atoms with van der Waals surface area (Å²) in [7, 11) is 0. The summed E-state index contributed by atoms with van der Waals surface area (Å²) in [6.07, 6.45) is 1.48. The Labute approximate surface area is 107 Å². The lowest BCUT2D eigenvalue weighted by molar-refractivity contribution is 0.00241. The van der Waals surface area contributed by atoms with Crippen molar-refractivity contribution >= 4 is 11.0 Å². The third-order valence-corrected chi connectivity index (χ3v) is 3.93. The van der Waals surface area contributed by atoms with Crippen LogP contribution >= 0.6 is 0 Å². The van der Waals surface area contributed by atoms with Crippen molar-refractivity contribution in [2.75, 3.05) is 6.61 Å². The molecule has 0 bridgehead atoms. The molecule has 0 saturated heterocycles. The van der Waals surface area contributed by atoms with Gasteiger partial charge in [0, 0.05) is 30.2 Å². The number of nitrogens with one attached hydrogen (secondary N) is 2. The van der Waals surface area contributed by atoms with Crippen LogP contribution in [0.2, 0.25) is 0 Å². The fourth-order valence-electron chi connectivity index (χ4n) is 2.87. The summed E-state index contributed by atoms with van der Waals surface area (Å²) in [6, 6.07) is 0. The van der Waals surface area contributed by atoms with Gasteiger partial charge in [0.25, 0.3) is 5.56 Å². The lowest BCUT2D eigenvalue weighted by Gasteiger charge is -2.15. The van der Waals surface area contributed by atoms with Crippen molar-refractivity contribution in [1.82, 2.24) is 15.0 Å². The van der Waals surface area contributed by atoms with Crippen molar-refractivity contribution in [1.29, 1.82) is 0 Å². The van der Waals surface area contributed by atoms with Crippen molar-refractivity contribution in [3.63, 3.8) is 0 Å². The number of aromatic amines is 2. The van der Waals surface area contributed by atoms with Gasteiger partial charge < -0.3 is 25.3 Å². The minimum absolute atomic E-state index is 0.176. The Kier molecular flexibility index (Phi) is 2.89. The van der Waals surface area contributed by atoms with Crippen LogP contribution in [0.5, 0.6) is 0 Å². The number of nitrogens with zero attached hydrogens (tertiary/aromatic N) is 1. The van der Waals surface area contributed by atoms with Crippen LogP contribution in [0.3, 0.4) is 0 Å². The number of aliphatic hydroxyl groups excluding tert-OH is 3. The molecule has 1 saturated carbocycles. The van der Waals surface area contributed by atoms with Gasteiger partial charge in [-0.25, -0.2) is 4.98 Å². The number of aromatic nitrogens is 3. The first-order valence-electron chi connectivity index (χ1n) is 6.15. The van der Waals surface area contributed by atoms with E-state index >= 15 is 0 Å². The number of hydrogen-bond donors (Lipinski definition) is 5. The Bertz CT molecular complexity index is 650. The van der Waals surface area contributed by atoms with Gasteiger partial charge in [0.15, 0.2) is 0 Å². The van der Waals surface area contributed by atoms with Gasteiger partial charge in [-0.3, -0.25) is 4.79 Å². The molecule has 102 valence electrons. The fraction of sp³-hybridized carbons (Fsp3) is 0.500. The topological polar surface area (TPSA) is 122 Å². The second-order valence-electron chi connectivity index (χ2n) is 4.97. The summed E-state index contributed by atoms with van der Waals surface area (Å²) >= 11 is 0. The first-order chi connectivity index (χ1) is 9.13. The first kappa shape index (κ1) is 12.3. The zero-order chi connectivity index (χ0) is 13.6. The Morgan fingerprint density at radius 1 is 1.32 bits per heavy atom. The van der Waals surface area contributed by atoms with E-state index in [1.54, 1.807) is 6.20 Å². The molecule has 2 aromatic rings. The molecule has 0 aliphatic heterocycles. The number of rotatable bonds is 2. The largest absolute Gasteiger partial charge is 0.396 e. The highest BCUT2D eigenvalue weighted by Crippen LogP contribution is 2.40. The molecule has 0 spiro atoms. The molecule has 19 heavy (non-hydrogen) atoms. The van der Waals surface area contributed by atoms with E-state index in [2.05, 4.69) is 15.0 Å². The van der Waals surface area contributed by atoms with E-state index in [1.165, 1.54) is 6.33 Å². The molecule has 2 heterocycles. The number of H-pyrrole nitrogens is 2. The average molecular weight is 265 g/mol. The molecule has 0 unspecified atom stereocenters. The molecule has 3 rings (SSSR count). The van der Waals surface area contributed by atoms with Gasteiger partial charge in [-0.1, -0.05) is 0 Å². The van der Waals surface area contributed by atoms with Crippen molar-refractivity contribution in [3.8, 4) is 0 Å². The summed E-state index contributed by atoms with van der Waals surface area (Å²) in [5, 5.41) is 29.1. The van der Waals surface area contributed by atoms with Crippen molar-refractivity contribution in [2.45, 2.75) is 24.5 Å². The third-order valence-electron chi connectivity index (χ3n) is 3.93. The van der Waals surface area contributed by atoms with Crippen molar-refractivity contribution in [3.05, 3.63) is 28.4 Å². The lowest BCUT2D eigenvalue weighted by Crippen LogP contribution is -2.28. The normalized spacial score (nSPS) is 31.1. The van der Waals surface area contributed by atoms with Crippen LogP contribution in [-0.2, 0) is 0 Å². The summed E-state index contributed by atoms with van der Waals surface area (Å²) < 4.78 is 0. The van der Waals surface area contributed by atoms with Gasteiger partial charge in [0.2, 0.25) is 0 Å². The number of hydrogen-bond acceptors (Lipinski definition) is 5. The molecule has 1 aliphatic carbocycles. The number of aliphatic hydroxyl groups is 3.